The molecule has 0 unspecified atom stereocenters. The Morgan fingerprint density at radius 1 is 1.60 bits per heavy atom. The van der Waals surface area contributed by atoms with Crippen LogP contribution >= 0.6 is 0 Å². The number of carbonyl (C=O) groups excluding carboxylic acids is 1. The van der Waals surface area contributed by atoms with Crippen molar-refractivity contribution in [2.24, 2.45) is 23.4 Å². The first-order valence-electron chi connectivity index (χ1n) is 6.82. The molecule has 1 aromatic heterocycles. The lowest BCUT2D eigenvalue weighted by Gasteiger charge is -2.25. The van der Waals surface area contributed by atoms with Gasteiger partial charge in [0.25, 0.3) is 0 Å². The van der Waals surface area contributed by atoms with Crippen LogP contribution < -0.4 is 11.1 Å². The fourth-order valence-corrected chi connectivity index (χ4v) is 2.76. The minimum absolute atomic E-state index is 0.0221. The van der Waals surface area contributed by atoms with Gasteiger partial charge in [-0.2, -0.15) is 5.10 Å². The Bertz CT molecular complexity index is 503. The first kappa shape index (κ1) is 14.4. The highest BCUT2D eigenvalue weighted by Gasteiger charge is 2.45. The SMILES string of the molecule is Cn1cc(CCNC(=O)C2(/C(N)=N/O)CCCC2)cn1. The number of aromatic nitrogens is 2. The van der Waals surface area contributed by atoms with E-state index in [4.69, 9.17) is 10.9 Å². The van der Waals surface area contributed by atoms with Gasteiger partial charge in [0.1, 0.15) is 5.41 Å². The summed E-state index contributed by atoms with van der Waals surface area (Å²) in [6, 6.07) is 0. The highest BCUT2D eigenvalue weighted by Crippen LogP contribution is 2.38. The molecule has 1 fully saturated rings. The van der Waals surface area contributed by atoms with E-state index in [0.29, 0.717) is 25.8 Å². The van der Waals surface area contributed by atoms with E-state index >= 15 is 0 Å². The summed E-state index contributed by atoms with van der Waals surface area (Å²) in [5, 5.41) is 18.9. The number of hydrogen-bond donors (Lipinski definition) is 3. The van der Waals surface area contributed by atoms with Crippen LogP contribution in [0.3, 0.4) is 0 Å². The van der Waals surface area contributed by atoms with Crippen LogP contribution in [0.4, 0.5) is 0 Å². The van der Waals surface area contributed by atoms with Crippen molar-refractivity contribution in [3.05, 3.63) is 18.0 Å². The van der Waals surface area contributed by atoms with E-state index in [2.05, 4.69) is 15.6 Å². The van der Waals surface area contributed by atoms with E-state index in [0.717, 1.165) is 18.4 Å². The first-order valence-corrected chi connectivity index (χ1v) is 6.82. The molecule has 0 bridgehead atoms. The third kappa shape index (κ3) is 2.76. The lowest BCUT2D eigenvalue weighted by Crippen LogP contribution is -2.48. The summed E-state index contributed by atoms with van der Waals surface area (Å²) in [7, 11) is 1.86. The van der Waals surface area contributed by atoms with E-state index in [1.807, 2.05) is 13.2 Å². The maximum atomic E-state index is 12.4. The second-order valence-electron chi connectivity index (χ2n) is 5.30. The van der Waals surface area contributed by atoms with Crippen LogP contribution in [0.1, 0.15) is 31.2 Å². The van der Waals surface area contributed by atoms with E-state index in [-0.39, 0.29) is 11.7 Å². The number of amides is 1. The Balaban J connectivity index is 1.93. The number of aryl methyl sites for hydroxylation is 1. The zero-order valence-electron chi connectivity index (χ0n) is 11.7. The molecule has 1 heterocycles. The molecule has 1 aliphatic rings. The van der Waals surface area contributed by atoms with Crippen LogP contribution in [0.2, 0.25) is 0 Å². The summed E-state index contributed by atoms with van der Waals surface area (Å²) in [5.74, 6) is -0.122. The van der Waals surface area contributed by atoms with Crippen LogP contribution in [0.25, 0.3) is 0 Å². The highest BCUT2D eigenvalue weighted by molar-refractivity contribution is 6.07. The zero-order valence-corrected chi connectivity index (χ0v) is 11.7. The van der Waals surface area contributed by atoms with Crippen molar-refractivity contribution in [2.45, 2.75) is 32.1 Å². The number of amidine groups is 1. The van der Waals surface area contributed by atoms with Gasteiger partial charge >= 0.3 is 0 Å². The predicted molar refractivity (Wildman–Crippen MR) is 74.2 cm³/mol. The maximum absolute atomic E-state index is 12.4. The average Bonchev–Trinajstić information content (AvgIpc) is 3.07. The summed E-state index contributed by atoms with van der Waals surface area (Å²) >= 11 is 0. The standard InChI is InChI=1S/C13H21N5O2/c1-18-9-10(8-16-18)4-7-15-12(19)13(11(14)17-20)5-2-3-6-13/h8-9,20H,2-7H2,1H3,(H2,14,17)(H,15,19). The second kappa shape index (κ2) is 5.94. The molecule has 0 atom stereocenters. The molecule has 20 heavy (non-hydrogen) atoms. The molecule has 1 aliphatic carbocycles. The van der Waals surface area contributed by atoms with Gasteiger partial charge in [0.15, 0.2) is 5.84 Å². The summed E-state index contributed by atoms with van der Waals surface area (Å²) < 4.78 is 1.73. The average molecular weight is 279 g/mol. The quantitative estimate of drug-likeness (QED) is 0.314. The normalized spacial score (nSPS) is 18.1. The summed E-state index contributed by atoms with van der Waals surface area (Å²) in [5.41, 5.74) is 5.96. The smallest absolute Gasteiger partial charge is 0.233 e. The molecule has 7 heteroatoms. The molecule has 0 aliphatic heterocycles. The van der Waals surface area contributed by atoms with E-state index in [1.165, 1.54) is 0 Å². The third-order valence-corrected chi connectivity index (χ3v) is 3.95. The van der Waals surface area contributed by atoms with Gasteiger partial charge in [0, 0.05) is 19.8 Å². The number of rotatable bonds is 5. The van der Waals surface area contributed by atoms with Gasteiger partial charge in [-0.15, -0.1) is 0 Å². The van der Waals surface area contributed by atoms with Gasteiger partial charge in [-0.3, -0.25) is 9.48 Å². The first-order chi connectivity index (χ1) is 9.58. The Morgan fingerprint density at radius 2 is 2.30 bits per heavy atom. The molecule has 7 nitrogen and oxygen atoms in total. The fourth-order valence-electron chi connectivity index (χ4n) is 2.76. The molecular formula is C13H21N5O2. The molecule has 0 radical (unpaired) electrons. The van der Waals surface area contributed by atoms with Gasteiger partial charge in [-0.05, 0) is 24.8 Å². The highest BCUT2D eigenvalue weighted by atomic mass is 16.4. The topological polar surface area (TPSA) is 106 Å². The molecule has 2 rings (SSSR count). The van der Waals surface area contributed by atoms with Crippen molar-refractivity contribution in [1.82, 2.24) is 15.1 Å². The summed E-state index contributed by atoms with van der Waals surface area (Å²) in [6.45, 7) is 0.519. The molecule has 4 N–H and O–H groups in total. The lowest BCUT2D eigenvalue weighted by atomic mass is 9.84. The minimum Gasteiger partial charge on any atom is -0.409 e. The van der Waals surface area contributed by atoms with E-state index in [1.54, 1.807) is 10.9 Å². The van der Waals surface area contributed by atoms with Gasteiger partial charge in [-0.25, -0.2) is 0 Å². The molecule has 0 saturated heterocycles. The monoisotopic (exact) mass is 279 g/mol. The van der Waals surface area contributed by atoms with E-state index in [9.17, 15) is 4.79 Å². The Morgan fingerprint density at radius 3 is 2.85 bits per heavy atom. The predicted octanol–water partition coefficient (Wildman–Crippen LogP) is 0.386. The Hall–Kier alpha value is -2.05. The van der Waals surface area contributed by atoms with Crippen molar-refractivity contribution >= 4 is 11.7 Å². The largest absolute Gasteiger partial charge is 0.409 e. The van der Waals surface area contributed by atoms with Crippen LogP contribution in [0.5, 0.6) is 0 Å². The van der Waals surface area contributed by atoms with Crippen molar-refractivity contribution in [3.63, 3.8) is 0 Å². The van der Waals surface area contributed by atoms with Gasteiger partial charge in [0.2, 0.25) is 5.91 Å². The summed E-state index contributed by atoms with van der Waals surface area (Å²) in [6.07, 6.45) is 7.54. The van der Waals surface area contributed by atoms with Crippen molar-refractivity contribution in [2.75, 3.05) is 6.54 Å². The number of nitrogens with one attached hydrogen (secondary N) is 1. The van der Waals surface area contributed by atoms with Crippen LogP contribution in [0.15, 0.2) is 17.5 Å². The second-order valence-corrected chi connectivity index (χ2v) is 5.30. The number of nitrogens with zero attached hydrogens (tertiary/aromatic N) is 3. The van der Waals surface area contributed by atoms with Gasteiger partial charge in [0.05, 0.1) is 6.20 Å². The van der Waals surface area contributed by atoms with Crippen LogP contribution in [0, 0.1) is 5.41 Å². The molecule has 1 aromatic rings. The van der Waals surface area contributed by atoms with E-state index < -0.39 is 5.41 Å². The van der Waals surface area contributed by atoms with Crippen molar-refractivity contribution in [3.8, 4) is 0 Å². The lowest BCUT2D eigenvalue weighted by molar-refractivity contribution is -0.127. The number of nitrogens with two attached hydrogens (primary N) is 1. The molecular weight excluding hydrogens is 258 g/mol. The molecule has 1 amide bonds. The Labute approximate surface area is 117 Å². The van der Waals surface area contributed by atoms with Gasteiger partial charge in [-0.1, -0.05) is 18.0 Å². The maximum Gasteiger partial charge on any atom is 0.233 e. The molecule has 0 aromatic carbocycles. The molecule has 1 saturated carbocycles. The van der Waals surface area contributed by atoms with Crippen LogP contribution in [-0.2, 0) is 18.3 Å². The van der Waals surface area contributed by atoms with Crippen molar-refractivity contribution in [1.29, 1.82) is 0 Å². The molecule has 0 spiro atoms. The molecule has 110 valence electrons. The Kier molecular flexibility index (Phi) is 4.26. The third-order valence-electron chi connectivity index (χ3n) is 3.95. The fraction of sp³-hybridized carbons (Fsp3) is 0.615. The number of oxime groups is 1. The van der Waals surface area contributed by atoms with Crippen molar-refractivity contribution < 1.29 is 10.0 Å². The van der Waals surface area contributed by atoms with Crippen LogP contribution in [-0.4, -0.2) is 33.3 Å². The number of carbonyl (C=O) groups is 1. The van der Waals surface area contributed by atoms with Gasteiger partial charge < -0.3 is 16.3 Å². The minimum atomic E-state index is -0.830. The zero-order chi connectivity index (χ0) is 14.6. The summed E-state index contributed by atoms with van der Waals surface area (Å²) in [4.78, 5) is 12.4. The number of hydrogen-bond acceptors (Lipinski definition) is 4.